The van der Waals surface area contributed by atoms with Gasteiger partial charge in [0.2, 0.25) is 0 Å². The highest BCUT2D eigenvalue weighted by atomic mass is 35.5. The van der Waals surface area contributed by atoms with Gasteiger partial charge in [-0.05, 0) is 54.1 Å². The molecule has 1 N–H and O–H groups in total. The van der Waals surface area contributed by atoms with Crippen molar-refractivity contribution >= 4 is 46.9 Å². The summed E-state index contributed by atoms with van der Waals surface area (Å²) in [7, 11) is 0. The molecule has 0 unspecified atom stereocenters. The number of amides is 1. The molecule has 0 spiro atoms. The average molecular weight is 540 g/mol. The first-order valence-electron chi connectivity index (χ1n) is 10.9. The Morgan fingerprint density at radius 1 is 0.778 bits per heavy atom. The minimum Gasteiger partial charge on any atom is -0.488 e. The van der Waals surface area contributed by atoms with Gasteiger partial charge >= 0.3 is 0 Å². The van der Waals surface area contributed by atoms with Gasteiger partial charge in [0.1, 0.15) is 24.7 Å². The van der Waals surface area contributed by atoms with E-state index in [1.807, 2.05) is 48.5 Å². The van der Waals surface area contributed by atoms with E-state index >= 15 is 0 Å². The van der Waals surface area contributed by atoms with Crippen LogP contribution in [0.4, 0.5) is 0 Å². The lowest BCUT2D eigenvalue weighted by atomic mass is 10.2. The number of hydrazone groups is 1. The second-order valence-corrected chi connectivity index (χ2v) is 8.95. The highest BCUT2D eigenvalue weighted by Crippen LogP contribution is 2.24. The van der Waals surface area contributed by atoms with Crippen LogP contribution >= 0.6 is 34.8 Å². The Labute approximate surface area is 224 Å². The summed E-state index contributed by atoms with van der Waals surface area (Å²) in [6, 6.07) is 26.9. The smallest absolute Gasteiger partial charge is 0.275 e. The summed E-state index contributed by atoms with van der Waals surface area (Å²) < 4.78 is 11.8. The number of carbonyl (C=O) groups is 1. The molecule has 4 aromatic carbocycles. The average Bonchev–Trinajstić information content (AvgIpc) is 2.88. The molecule has 0 bridgehead atoms. The Bertz CT molecular complexity index is 1370. The summed E-state index contributed by atoms with van der Waals surface area (Å²) in [5.74, 6) is 0.626. The van der Waals surface area contributed by atoms with Crippen LogP contribution < -0.4 is 14.9 Å². The molecule has 0 saturated carbocycles. The zero-order valence-electron chi connectivity index (χ0n) is 19.0. The molecule has 0 aliphatic heterocycles. The Balaban J connectivity index is 1.39. The molecule has 4 aromatic rings. The van der Waals surface area contributed by atoms with Crippen molar-refractivity contribution in [3.63, 3.8) is 0 Å². The maximum atomic E-state index is 12.8. The van der Waals surface area contributed by atoms with Crippen LogP contribution in [0, 0.1) is 0 Å². The molecular formula is C28H21Cl3N2O3. The number of hydrogen-bond donors (Lipinski definition) is 1. The highest BCUT2D eigenvalue weighted by molar-refractivity contribution is 6.35. The van der Waals surface area contributed by atoms with E-state index in [9.17, 15) is 4.79 Å². The second-order valence-electron chi connectivity index (χ2n) is 7.67. The van der Waals surface area contributed by atoms with Crippen LogP contribution in [0.15, 0.2) is 96.1 Å². The van der Waals surface area contributed by atoms with E-state index in [-0.39, 0.29) is 6.61 Å². The van der Waals surface area contributed by atoms with Crippen LogP contribution in [0.3, 0.4) is 0 Å². The van der Waals surface area contributed by atoms with Gasteiger partial charge in [-0.25, -0.2) is 5.43 Å². The van der Waals surface area contributed by atoms with E-state index in [0.29, 0.717) is 44.3 Å². The summed E-state index contributed by atoms with van der Waals surface area (Å²) >= 11 is 18.1. The number of para-hydroxylation sites is 2. The Morgan fingerprint density at radius 3 is 2.22 bits per heavy atom. The minimum atomic E-state index is -0.413. The van der Waals surface area contributed by atoms with Crippen LogP contribution in [0.2, 0.25) is 15.1 Å². The van der Waals surface area contributed by atoms with E-state index in [2.05, 4.69) is 10.5 Å². The fraction of sp³-hybridized carbons (Fsp3) is 0.0714. The van der Waals surface area contributed by atoms with Gasteiger partial charge in [-0.2, -0.15) is 5.10 Å². The number of nitrogens with one attached hydrogen (secondary N) is 1. The molecule has 0 atom stereocenters. The molecular weight excluding hydrogens is 519 g/mol. The molecule has 36 heavy (non-hydrogen) atoms. The molecule has 1 amide bonds. The van der Waals surface area contributed by atoms with Crippen molar-refractivity contribution in [2.45, 2.75) is 13.2 Å². The van der Waals surface area contributed by atoms with Gasteiger partial charge in [-0.1, -0.05) is 77.3 Å². The van der Waals surface area contributed by atoms with Gasteiger partial charge in [0.15, 0.2) is 0 Å². The number of rotatable bonds is 9. The molecule has 0 radical (unpaired) electrons. The van der Waals surface area contributed by atoms with Crippen LogP contribution in [-0.4, -0.2) is 12.1 Å². The molecule has 0 aliphatic carbocycles. The normalized spacial score (nSPS) is 10.9. The lowest BCUT2D eigenvalue weighted by molar-refractivity contribution is 0.0950. The molecule has 182 valence electrons. The third-order valence-electron chi connectivity index (χ3n) is 5.13. The summed E-state index contributed by atoms with van der Waals surface area (Å²) in [4.78, 5) is 12.8. The topological polar surface area (TPSA) is 59.9 Å². The van der Waals surface area contributed by atoms with Gasteiger partial charge in [0, 0.05) is 26.2 Å². The van der Waals surface area contributed by atoms with Crippen LogP contribution in [0.1, 0.15) is 27.0 Å². The van der Waals surface area contributed by atoms with Crippen molar-refractivity contribution in [2.24, 2.45) is 5.10 Å². The van der Waals surface area contributed by atoms with Gasteiger partial charge in [-0.3, -0.25) is 4.79 Å². The zero-order valence-corrected chi connectivity index (χ0v) is 21.2. The largest absolute Gasteiger partial charge is 0.488 e. The summed E-state index contributed by atoms with van der Waals surface area (Å²) in [5, 5.41) is 5.82. The molecule has 0 saturated heterocycles. The number of ether oxygens (including phenoxy) is 2. The standard InChI is InChI=1S/C28H21Cl3N2O3/c29-22-12-9-19(10-13-22)17-35-26-7-3-1-5-20(26)16-32-33-28(34)24-6-2-4-8-27(24)36-18-21-11-14-23(30)15-25(21)31/h1-16H,17-18H2,(H,33,34)/b32-16-. The molecule has 5 nitrogen and oxygen atoms in total. The lowest BCUT2D eigenvalue weighted by Gasteiger charge is -2.12. The van der Waals surface area contributed by atoms with Crippen molar-refractivity contribution < 1.29 is 14.3 Å². The predicted molar refractivity (Wildman–Crippen MR) is 145 cm³/mol. The molecule has 0 aliphatic rings. The summed E-state index contributed by atoms with van der Waals surface area (Å²) in [6.07, 6.45) is 1.53. The quantitative estimate of drug-likeness (QED) is 0.176. The SMILES string of the molecule is O=C(N/N=C\c1ccccc1OCc1ccc(Cl)cc1)c1ccccc1OCc1ccc(Cl)cc1Cl. The van der Waals surface area contributed by atoms with Gasteiger partial charge < -0.3 is 9.47 Å². The van der Waals surface area contributed by atoms with E-state index in [1.165, 1.54) is 6.21 Å². The first kappa shape index (κ1) is 25.6. The van der Waals surface area contributed by atoms with Crippen molar-refractivity contribution in [1.29, 1.82) is 0 Å². The van der Waals surface area contributed by atoms with Crippen molar-refractivity contribution in [2.75, 3.05) is 0 Å². The number of nitrogens with zero attached hydrogens (tertiary/aromatic N) is 1. The predicted octanol–water partition coefficient (Wildman–Crippen LogP) is 7.57. The third-order valence-corrected chi connectivity index (χ3v) is 5.97. The third kappa shape index (κ3) is 7.01. The molecule has 0 heterocycles. The van der Waals surface area contributed by atoms with E-state index in [0.717, 1.165) is 11.1 Å². The van der Waals surface area contributed by atoms with Crippen LogP contribution in [0.25, 0.3) is 0 Å². The van der Waals surface area contributed by atoms with Crippen molar-refractivity contribution in [3.05, 3.63) is 128 Å². The van der Waals surface area contributed by atoms with Crippen LogP contribution in [0.5, 0.6) is 11.5 Å². The van der Waals surface area contributed by atoms with Crippen molar-refractivity contribution in [1.82, 2.24) is 5.43 Å². The zero-order chi connectivity index (χ0) is 25.3. The van der Waals surface area contributed by atoms with E-state index in [4.69, 9.17) is 44.3 Å². The Morgan fingerprint density at radius 2 is 1.44 bits per heavy atom. The Kier molecular flexibility index (Phi) is 8.85. The van der Waals surface area contributed by atoms with Gasteiger partial charge in [0.25, 0.3) is 5.91 Å². The summed E-state index contributed by atoms with van der Waals surface area (Å²) in [6.45, 7) is 0.554. The molecule has 4 rings (SSSR count). The molecule has 0 fully saturated rings. The van der Waals surface area contributed by atoms with Crippen molar-refractivity contribution in [3.8, 4) is 11.5 Å². The monoisotopic (exact) mass is 538 g/mol. The minimum absolute atomic E-state index is 0.182. The second kappa shape index (κ2) is 12.5. The number of carbonyl (C=O) groups excluding carboxylic acids is 1. The number of hydrogen-bond acceptors (Lipinski definition) is 4. The van der Waals surface area contributed by atoms with Gasteiger partial charge in [0.05, 0.1) is 11.8 Å². The highest BCUT2D eigenvalue weighted by Gasteiger charge is 2.12. The van der Waals surface area contributed by atoms with E-state index < -0.39 is 5.91 Å². The number of benzene rings is 4. The molecule has 8 heteroatoms. The lowest BCUT2D eigenvalue weighted by Crippen LogP contribution is -2.18. The first-order chi connectivity index (χ1) is 17.5. The molecule has 0 aromatic heterocycles. The first-order valence-corrected chi connectivity index (χ1v) is 12.1. The number of halogens is 3. The van der Waals surface area contributed by atoms with Crippen LogP contribution in [-0.2, 0) is 13.2 Å². The fourth-order valence-electron chi connectivity index (χ4n) is 3.26. The summed E-state index contributed by atoms with van der Waals surface area (Å²) in [5.41, 5.74) is 5.34. The van der Waals surface area contributed by atoms with E-state index in [1.54, 1.807) is 42.5 Å². The fourth-order valence-corrected chi connectivity index (χ4v) is 3.84. The Hall–Kier alpha value is -3.51. The maximum Gasteiger partial charge on any atom is 0.275 e. The maximum absolute atomic E-state index is 12.8. The van der Waals surface area contributed by atoms with Gasteiger partial charge in [-0.15, -0.1) is 0 Å².